The predicted octanol–water partition coefficient (Wildman–Crippen LogP) is 15.4. The molecule has 0 aliphatic heterocycles. The quantitative estimate of drug-likeness (QED) is 0.101. The number of imidazole rings is 1. The Bertz CT molecular complexity index is 3480. The summed E-state index contributed by atoms with van der Waals surface area (Å²) in [5.41, 5.74) is 12.3. The van der Waals surface area contributed by atoms with Crippen molar-refractivity contribution in [1.82, 2.24) is 14.1 Å². The van der Waals surface area contributed by atoms with Crippen molar-refractivity contribution in [2.24, 2.45) is 0 Å². The van der Waals surface area contributed by atoms with Gasteiger partial charge in [-0.2, -0.15) is 12.1 Å². The van der Waals surface area contributed by atoms with Crippen LogP contribution in [0.3, 0.4) is 0 Å². The molecule has 70 heavy (non-hydrogen) atoms. The minimum absolute atomic E-state index is 0. The molecule has 0 aliphatic rings. The zero-order valence-electron chi connectivity index (χ0n) is 41.8. The summed E-state index contributed by atoms with van der Waals surface area (Å²) in [5, 5.41) is 2.27. The molecule has 0 amide bonds. The van der Waals surface area contributed by atoms with Gasteiger partial charge in [-0.05, 0) is 91.0 Å². The number of aromatic nitrogens is 4. The van der Waals surface area contributed by atoms with Crippen LogP contribution in [0.15, 0.2) is 182 Å². The molecule has 0 saturated carbocycles. The van der Waals surface area contributed by atoms with Gasteiger partial charge in [-0.3, -0.25) is 4.57 Å². The SMILES string of the molecule is CC(C)(C)c1ccnc(-n2c3[c-]c(Oc4[c-]c(-n5[c-][n+](-c6cc(-c7ccccc7)cc(C(C)(C)c7ccccc7)c6)c(C(C)(C)C)c5)ccc4)cc(C(C)(C)c4ccccc4)c3c3ccccc32)c1.[Pt]. The number of pyridine rings is 1. The van der Waals surface area contributed by atoms with E-state index in [2.05, 4.69) is 261 Å². The minimum Gasteiger partial charge on any atom is -0.510 e. The second-order valence-corrected chi connectivity index (χ2v) is 21.5. The number of hydrogen-bond donors (Lipinski definition) is 0. The standard InChI is InChI=1S/C64H60N4O.Pt/c1-61(2,3)48-33-34-65-59(38-48)68-56-32-21-20-31-54(56)60-55(64(9,10)47-27-18-13-19-28-47)40-53(41-57(60)68)69-52-30-22-29-50(39-52)66-42-58(62(4,5)6)67(43-66)51-36-45(44-23-14-11-15-24-44)35-49(37-51)63(7,8)46-25-16-12-17-26-46;/h11-38,40,42H,1-10H3;/q-2;. The summed E-state index contributed by atoms with van der Waals surface area (Å²) >= 11 is 0. The van der Waals surface area contributed by atoms with Crippen LogP contribution < -0.4 is 9.30 Å². The van der Waals surface area contributed by atoms with Crippen LogP contribution in [0.2, 0.25) is 0 Å². The molecule has 5 nitrogen and oxygen atoms in total. The second kappa shape index (κ2) is 18.5. The van der Waals surface area contributed by atoms with Crippen molar-refractivity contribution in [2.45, 2.75) is 90.9 Å². The van der Waals surface area contributed by atoms with E-state index >= 15 is 0 Å². The first-order valence-electron chi connectivity index (χ1n) is 24.0. The maximum atomic E-state index is 6.96. The monoisotopic (exact) mass is 1100 g/mol. The van der Waals surface area contributed by atoms with Crippen molar-refractivity contribution < 1.29 is 30.4 Å². The summed E-state index contributed by atoms with van der Waals surface area (Å²) in [7, 11) is 0. The number of rotatable bonds is 10. The fraction of sp³-hybridized carbons (Fsp3) is 0.219. The molecule has 0 unspecified atom stereocenters. The van der Waals surface area contributed by atoms with Crippen LogP contribution in [0.4, 0.5) is 0 Å². The van der Waals surface area contributed by atoms with Crippen molar-refractivity contribution in [3.8, 4) is 39.8 Å². The predicted molar refractivity (Wildman–Crippen MR) is 282 cm³/mol. The van der Waals surface area contributed by atoms with E-state index < -0.39 is 5.41 Å². The minimum atomic E-state index is -0.404. The average molecular weight is 1100 g/mol. The molecular weight excluding hydrogens is 1040 g/mol. The van der Waals surface area contributed by atoms with Gasteiger partial charge in [-0.25, -0.2) is 4.98 Å². The third-order valence-electron chi connectivity index (χ3n) is 13.9. The Kier molecular flexibility index (Phi) is 12.7. The van der Waals surface area contributed by atoms with Crippen molar-refractivity contribution in [1.29, 1.82) is 0 Å². The summed E-state index contributed by atoms with van der Waals surface area (Å²) < 4.78 is 13.5. The molecule has 3 aromatic heterocycles. The Hall–Kier alpha value is -6.81. The van der Waals surface area contributed by atoms with Crippen LogP contribution in [-0.2, 0) is 42.7 Å². The molecule has 0 fully saturated rings. The van der Waals surface area contributed by atoms with E-state index in [1.165, 1.54) is 27.8 Å². The molecule has 6 heteroatoms. The zero-order valence-corrected chi connectivity index (χ0v) is 44.1. The number of ether oxygens (including phenoxy) is 1. The van der Waals surface area contributed by atoms with Gasteiger partial charge in [0.05, 0.1) is 11.4 Å². The Labute approximate surface area is 428 Å². The van der Waals surface area contributed by atoms with Crippen LogP contribution >= 0.6 is 0 Å². The van der Waals surface area contributed by atoms with Crippen molar-refractivity contribution >= 4 is 21.8 Å². The Balaban J connectivity index is 0.00000608. The summed E-state index contributed by atoms with van der Waals surface area (Å²) in [6, 6.07) is 67.7. The number of fused-ring (bicyclic) bond motifs is 3. The molecule has 3 heterocycles. The van der Waals surface area contributed by atoms with E-state index in [4.69, 9.17) is 9.72 Å². The van der Waals surface area contributed by atoms with Crippen LogP contribution in [0, 0.1) is 18.5 Å². The molecule has 10 rings (SSSR count). The van der Waals surface area contributed by atoms with Crippen molar-refractivity contribution in [3.05, 3.63) is 234 Å². The van der Waals surface area contributed by atoms with E-state index in [1.54, 1.807) is 0 Å². The molecule has 0 aliphatic carbocycles. The molecule has 0 spiro atoms. The molecule has 7 aromatic carbocycles. The molecular formula is C64H60N4OPt-2. The van der Waals surface area contributed by atoms with Crippen molar-refractivity contribution in [3.63, 3.8) is 0 Å². The summed E-state index contributed by atoms with van der Waals surface area (Å²) in [6.07, 6.45) is 7.87. The molecule has 0 N–H and O–H groups in total. The van der Waals surface area contributed by atoms with E-state index in [0.717, 1.165) is 55.8 Å². The number of hydrogen-bond acceptors (Lipinski definition) is 2. The zero-order chi connectivity index (χ0) is 48.3. The Morgan fingerprint density at radius 3 is 1.84 bits per heavy atom. The summed E-state index contributed by atoms with van der Waals surface area (Å²) in [5.74, 6) is 2.01. The van der Waals surface area contributed by atoms with Gasteiger partial charge >= 0.3 is 0 Å². The maximum Gasteiger partial charge on any atom is 0.267 e. The van der Waals surface area contributed by atoms with Gasteiger partial charge < -0.3 is 13.9 Å². The summed E-state index contributed by atoms with van der Waals surface area (Å²) in [6.45, 7) is 22.7. The van der Waals surface area contributed by atoms with Crippen LogP contribution in [-0.4, -0.2) is 14.1 Å². The van der Waals surface area contributed by atoms with Gasteiger partial charge in [0.15, 0.2) is 0 Å². The first kappa shape index (κ1) is 48.2. The van der Waals surface area contributed by atoms with Gasteiger partial charge in [-0.15, -0.1) is 29.8 Å². The van der Waals surface area contributed by atoms with Crippen molar-refractivity contribution in [2.75, 3.05) is 0 Å². The molecule has 0 atom stereocenters. The van der Waals surface area contributed by atoms with E-state index in [-0.39, 0.29) is 37.3 Å². The van der Waals surface area contributed by atoms with Crippen LogP contribution in [0.5, 0.6) is 11.5 Å². The largest absolute Gasteiger partial charge is 0.510 e. The number of nitrogens with zero attached hydrogens (tertiary/aromatic N) is 4. The fourth-order valence-electron chi connectivity index (χ4n) is 9.68. The third-order valence-corrected chi connectivity index (χ3v) is 13.9. The first-order chi connectivity index (χ1) is 33.0. The third kappa shape index (κ3) is 9.09. The first-order valence-corrected chi connectivity index (χ1v) is 24.0. The van der Waals surface area contributed by atoms with E-state index in [0.29, 0.717) is 11.5 Å². The molecule has 0 bridgehead atoms. The normalized spacial score (nSPS) is 12.3. The van der Waals surface area contributed by atoms with E-state index in [1.807, 2.05) is 22.9 Å². The van der Waals surface area contributed by atoms with Gasteiger partial charge in [0, 0.05) is 55.9 Å². The molecule has 0 radical (unpaired) electrons. The number of para-hydroxylation sites is 1. The average Bonchev–Trinajstić information content (AvgIpc) is 3.96. The van der Waals surface area contributed by atoms with E-state index in [9.17, 15) is 0 Å². The van der Waals surface area contributed by atoms with Gasteiger partial charge in [0.1, 0.15) is 5.82 Å². The summed E-state index contributed by atoms with van der Waals surface area (Å²) in [4.78, 5) is 4.99. The van der Waals surface area contributed by atoms with Crippen LogP contribution in [0.25, 0.3) is 50.1 Å². The maximum absolute atomic E-state index is 6.96. The molecule has 0 saturated heterocycles. The van der Waals surface area contributed by atoms with Gasteiger partial charge in [0.2, 0.25) is 0 Å². The van der Waals surface area contributed by atoms with Gasteiger partial charge in [0.25, 0.3) is 6.33 Å². The smallest absolute Gasteiger partial charge is 0.267 e. The Morgan fingerprint density at radius 2 is 1.17 bits per heavy atom. The fourth-order valence-corrected chi connectivity index (χ4v) is 9.68. The topological polar surface area (TPSA) is 35.9 Å². The molecule has 10 aromatic rings. The molecule has 354 valence electrons. The van der Waals surface area contributed by atoms with Gasteiger partial charge in [-0.1, -0.05) is 195 Å². The Morgan fingerprint density at radius 1 is 0.529 bits per heavy atom. The van der Waals surface area contributed by atoms with Crippen LogP contribution in [0.1, 0.15) is 103 Å². The second-order valence-electron chi connectivity index (χ2n) is 21.5. The number of benzene rings is 7.